The summed E-state index contributed by atoms with van der Waals surface area (Å²) in [5.74, 6) is 5.66. The molecule has 204 valence electrons. The number of anilines is 4. The number of rotatable bonds is 8. The van der Waals surface area contributed by atoms with E-state index in [-0.39, 0.29) is 17.9 Å². The topological polar surface area (TPSA) is 67.3 Å². The predicted octanol–water partition coefficient (Wildman–Crippen LogP) is 6.34. The Morgan fingerprint density at radius 2 is 1.79 bits per heavy atom. The average Bonchev–Trinajstić information content (AvgIpc) is 3.24. The minimum atomic E-state index is -4.48. The molecule has 6 nitrogen and oxygen atoms in total. The maximum atomic E-state index is 14.6. The molecule has 4 aromatic rings. The van der Waals surface area contributed by atoms with E-state index < -0.39 is 29.3 Å². The number of nitrogens with one attached hydrogen (secondary N) is 3. The molecule has 39 heavy (non-hydrogen) atoms. The quantitative estimate of drug-likeness (QED) is 0.174. The van der Waals surface area contributed by atoms with Crippen LogP contribution in [0.4, 0.5) is 40.3 Å². The Labute approximate surface area is 225 Å². The van der Waals surface area contributed by atoms with Crippen molar-refractivity contribution in [3.05, 3.63) is 72.2 Å². The van der Waals surface area contributed by atoms with Gasteiger partial charge >= 0.3 is 6.18 Å². The molecule has 0 aliphatic carbocycles. The van der Waals surface area contributed by atoms with Crippen molar-refractivity contribution in [2.24, 2.45) is 0 Å². The van der Waals surface area contributed by atoms with E-state index in [4.69, 9.17) is 4.74 Å². The van der Waals surface area contributed by atoms with Gasteiger partial charge in [-0.1, -0.05) is 12.0 Å². The highest BCUT2D eigenvalue weighted by atomic mass is 32.2. The normalized spacial score (nSPS) is 12.0. The van der Waals surface area contributed by atoms with Gasteiger partial charge in [0.2, 0.25) is 0 Å². The van der Waals surface area contributed by atoms with E-state index >= 15 is 0 Å². The van der Waals surface area contributed by atoms with Crippen molar-refractivity contribution in [2.75, 3.05) is 42.9 Å². The van der Waals surface area contributed by atoms with Crippen molar-refractivity contribution >= 4 is 44.5 Å². The zero-order chi connectivity index (χ0) is 28.2. The van der Waals surface area contributed by atoms with Crippen molar-refractivity contribution in [1.82, 2.24) is 4.57 Å². The molecule has 4 rings (SSSR count). The van der Waals surface area contributed by atoms with E-state index in [1.54, 1.807) is 67.9 Å². The van der Waals surface area contributed by atoms with Crippen LogP contribution in [0.3, 0.4) is 0 Å². The molecule has 0 saturated heterocycles. The Morgan fingerprint density at radius 3 is 2.46 bits per heavy atom. The highest BCUT2D eigenvalue weighted by Crippen LogP contribution is 2.33. The Kier molecular flexibility index (Phi) is 8.35. The Hall–Kier alpha value is -4.17. The standard InChI is InChI=1S/C28H26F4N4O2S/c1-33-18-9-11-24(22(29)14-18)35-23-7-4-8-26-21(23)15-19(36(26)17-28(30,31)32)6-5-13-34-25-12-10-20(39(3)37)16-27(25)38-2/h4,7-12,14-16,33-35H,13,17H2,1-3H3. The van der Waals surface area contributed by atoms with Gasteiger partial charge in [0, 0.05) is 45.8 Å². The van der Waals surface area contributed by atoms with Crippen LogP contribution in [-0.2, 0) is 17.3 Å². The number of aromatic nitrogens is 1. The van der Waals surface area contributed by atoms with Gasteiger partial charge in [-0.3, -0.25) is 4.21 Å². The molecule has 1 heterocycles. The van der Waals surface area contributed by atoms with E-state index in [9.17, 15) is 21.8 Å². The second-order valence-corrected chi connectivity index (χ2v) is 9.89. The van der Waals surface area contributed by atoms with E-state index in [0.717, 1.165) is 4.57 Å². The van der Waals surface area contributed by atoms with Crippen LogP contribution in [0, 0.1) is 17.7 Å². The van der Waals surface area contributed by atoms with Gasteiger partial charge in [0.15, 0.2) is 0 Å². The molecule has 0 saturated carbocycles. The van der Waals surface area contributed by atoms with Gasteiger partial charge in [0.05, 0.1) is 36.2 Å². The molecule has 1 atom stereocenters. The lowest BCUT2D eigenvalue weighted by molar-refractivity contribution is -0.140. The number of halogens is 4. The highest BCUT2D eigenvalue weighted by Gasteiger charge is 2.30. The molecule has 0 aliphatic rings. The van der Waals surface area contributed by atoms with Crippen LogP contribution >= 0.6 is 0 Å². The van der Waals surface area contributed by atoms with Gasteiger partial charge in [-0.15, -0.1) is 0 Å². The minimum absolute atomic E-state index is 0.118. The first-order valence-corrected chi connectivity index (χ1v) is 13.3. The fraction of sp³-hybridized carbons (Fsp3) is 0.214. The fourth-order valence-electron chi connectivity index (χ4n) is 4.03. The van der Waals surface area contributed by atoms with Gasteiger partial charge in [-0.2, -0.15) is 13.2 Å². The summed E-state index contributed by atoms with van der Waals surface area (Å²) in [6.07, 6.45) is -2.92. The van der Waals surface area contributed by atoms with E-state index in [0.29, 0.717) is 38.6 Å². The van der Waals surface area contributed by atoms with Gasteiger partial charge < -0.3 is 25.3 Å². The van der Waals surface area contributed by atoms with Crippen LogP contribution in [0.5, 0.6) is 5.75 Å². The summed E-state index contributed by atoms with van der Waals surface area (Å²) in [6, 6.07) is 16.0. The van der Waals surface area contributed by atoms with Crippen molar-refractivity contribution in [1.29, 1.82) is 0 Å². The van der Waals surface area contributed by atoms with Gasteiger partial charge in [-0.25, -0.2) is 4.39 Å². The molecule has 0 fully saturated rings. The third kappa shape index (κ3) is 6.64. The molecule has 0 aliphatic heterocycles. The number of methoxy groups -OCH3 is 1. The molecule has 0 spiro atoms. The number of hydrogen-bond donors (Lipinski definition) is 3. The van der Waals surface area contributed by atoms with E-state index in [1.807, 2.05) is 0 Å². The van der Waals surface area contributed by atoms with Crippen molar-refractivity contribution < 1.29 is 26.5 Å². The first-order chi connectivity index (χ1) is 18.6. The number of ether oxygens (including phenoxy) is 1. The van der Waals surface area contributed by atoms with E-state index in [1.165, 1.54) is 13.2 Å². The number of alkyl halides is 3. The lowest BCUT2D eigenvalue weighted by Gasteiger charge is -2.13. The number of hydrogen-bond acceptors (Lipinski definition) is 5. The Balaban J connectivity index is 1.65. The Bertz CT molecular complexity index is 1590. The number of nitrogens with zero attached hydrogens (tertiary/aromatic N) is 1. The molecule has 1 unspecified atom stereocenters. The summed E-state index contributed by atoms with van der Waals surface area (Å²) < 4.78 is 73.2. The van der Waals surface area contributed by atoms with Crippen LogP contribution in [0.25, 0.3) is 10.9 Å². The van der Waals surface area contributed by atoms with Gasteiger partial charge in [0.25, 0.3) is 0 Å². The fourth-order valence-corrected chi connectivity index (χ4v) is 4.57. The first kappa shape index (κ1) is 27.9. The highest BCUT2D eigenvalue weighted by molar-refractivity contribution is 7.84. The average molecular weight is 559 g/mol. The minimum Gasteiger partial charge on any atom is -0.495 e. The SMILES string of the molecule is CNc1ccc(Nc2cccc3c2cc(C#CCNc2ccc(S(C)=O)cc2OC)n3CC(F)(F)F)c(F)c1. The maximum absolute atomic E-state index is 14.6. The molecule has 0 amide bonds. The molecule has 1 aromatic heterocycles. The van der Waals surface area contributed by atoms with Crippen LogP contribution in [0.15, 0.2) is 65.6 Å². The molecule has 3 N–H and O–H groups in total. The largest absolute Gasteiger partial charge is 0.495 e. The number of fused-ring (bicyclic) bond motifs is 1. The predicted molar refractivity (Wildman–Crippen MR) is 148 cm³/mol. The van der Waals surface area contributed by atoms with Gasteiger partial charge in [0.1, 0.15) is 18.1 Å². The summed E-state index contributed by atoms with van der Waals surface area (Å²) in [6.45, 7) is -1.11. The second kappa shape index (κ2) is 11.7. The lowest BCUT2D eigenvalue weighted by atomic mass is 10.2. The molecular formula is C28H26F4N4O2S. The van der Waals surface area contributed by atoms with Crippen LogP contribution in [-0.4, -0.2) is 41.9 Å². The van der Waals surface area contributed by atoms with Crippen LogP contribution < -0.4 is 20.7 Å². The monoisotopic (exact) mass is 558 g/mol. The van der Waals surface area contributed by atoms with E-state index in [2.05, 4.69) is 27.8 Å². The number of benzene rings is 3. The maximum Gasteiger partial charge on any atom is 0.406 e. The lowest BCUT2D eigenvalue weighted by Crippen LogP contribution is -2.18. The molecule has 11 heteroatoms. The third-order valence-corrected chi connectivity index (χ3v) is 6.82. The first-order valence-electron chi connectivity index (χ1n) is 11.8. The van der Waals surface area contributed by atoms with Gasteiger partial charge in [-0.05, 0) is 60.5 Å². The molecule has 0 bridgehead atoms. The molecule has 3 aromatic carbocycles. The summed E-state index contributed by atoms with van der Waals surface area (Å²) >= 11 is 0. The van der Waals surface area contributed by atoms with Crippen molar-refractivity contribution in [3.63, 3.8) is 0 Å². The van der Waals surface area contributed by atoms with Crippen molar-refractivity contribution in [2.45, 2.75) is 17.6 Å². The zero-order valence-corrected chi connectivity index (χ0v) is 22.2. The van der Waals surface area contributed by atoms with Crippen LogP contribution in [0.2, 0.25) is 0 Å². The second-order valence-electron chi connectivity index (χ2n) is 8.51. The zero-order valence-electron chi connectivity index (χ0n) is 21.4. The van der Waals surface area contributed by atoms with Crippen LogP contribution in [0.1, 0.15) is 5.69 Å². The summed E-state index contributed by atoms with van der Waals surface area (Å²) in [7, 11) is 1.98. The third-order valence-electron chi connectivity index (χ3n) is 5.90. The summed E-state index contributed by atoms with van der Waals surface area (Å²) in [4.78, 5) is 0.599. The summed E-state index contributed by atoms with van der Waals surface area (Å²) in [5, 5.41) is 9.39. The molecular weight excluding hydrogens is 532 g/mol. The Morgan fingerprint density at radius 1 is 1.03 bits per heavy atom. The van der Waals surface area contributed by atoms with Crippen molar-refractivity contribution in [3.8, 4) is 17.6 Å². The molecule has 0 radical (unpaired) electrons. The summed E-state index contributed by atoms with van der Waals surface area (Å²) in [5.41, 5.74) is 2.31. The smallest absolute Gasteiger partial charge is 0.406 e.